The number of nitrogens with two attached hydrogens (primary N) is 1. The summed E-state index contributed by atoms with van der Waals surface area (Å²) in [7, 11) is -3.54. The molecule has 0 aliphatic rings. The number of fused-ring (bicyclic) bond motifs is 1. The molecular formula is C12H15N3O2S. The van der Waals surface area contributed by atoms with Gasteiger partial charge < -0.3 is 5.73 Å². The van der Waals surface area contributed by atoms with Crippen LogP contribution < -0.4 is 10.5 Å². The van der Waals surface area contributed by atoms with Crippen LogP contribution in [0.3, 0.4) is 0 Å². The van der Waals surface area contributed by atoms with Crippen molar-refractivity contribution in [2.75, 3.05) is 6.54 Å². The minimum atomic E-state index is -3.54. The van der Waals surface area contributed by atoms with Crippen molar-refractivity contribution in [3.63, 3.8) is 0 Å². The van der Waals surface area contributed by atoms with E-state index in [0.717, 1.165) is 5.39 Å². The summed E-state index contributed by atoms with van der Waals surface area (Å²) in [4.78, 5) is 4.23. The molecule has 0 bridgehead atoms. The maximum absolute atomic E-state index is 12.2. The van der Waals surface area contributed by atoms with E-state index < -0.39 is 10.0 Å². The minimum absolute atomic E-state index is 0.212. The van der Waals surface area contributed by atoms with Gasteiger partial charge in [0.1, 0.15) is 0 Å². The molecule has 5 nitrogen and oxygen atoms in total. The molecule has 0 fully saturated rings. The third-order valence-corrected chi connectivity index (χ3v) is 4.01. The first-order valence-electron chi connectivity index (χ1n) is 5.59. The van der Waals surface area contributed by atoms with E-state index in [-0.39, 0.29) is 17.5 Å². The highest BCUT2D eigenvalue weighted by Gasteiger charge is 2.16. The first-order chi connectivity index (χ1) is 8.50. The lowest BCUT2D eigenvalue weighted by Crippen LogP contribution is -2.35. The molecule has 2 rings (SSSR count). The Morgan fingerprint density at radius 3 is 2.89 bits per heavy atom. The van der Waals surface area contributed by atoms with Crippen LogP contribution in [0.25, 0.3) is 10.8 Å². The van der Waals surface area contributed by atoms with Gasteiger partial charge in [-0.3, -0.25) is 4.98 Å². The van der Waals surface area contributed by atoms with Gasteiger partial charge in [0.2, 0.25) is 10.0 Å². The summed E-state index contributed by atoms with van der Waals surface area (Å²) in [6.45, 7) is 1.96. The van der Waals surface area contributed by atoms with Gasteiger partial charge in [0.15, 0.2) is 0 Å². The molecule has 1 aromatic heterocycles. The third-order valence-electron chi connectivity index (χ3n) is 2.53. The summed E-state index contributed by atoms with van der Waals surface area (Å²) in [6, 6.07) is 6.57. The predicted octanol–water partition coefficient (Wildman–Crippen LogP) is 0.860. The summed E-state index contributed by atoms with van der Waals surface area (Å²) < 4.78 is 26.8. The molecule has 18 heavy (non-hydrogen) atoms. The van der Waals surface area contributed by atoms with Crippen LogP contribution in [-0.2, 0) is 10.0 Å². The number of hydrogen-bond donors (Lipinski definition) is 2. The van der Waals surface area contributed by atoms with Crippen LogP contribution in [0, 0.1) is 0 Å². The molecule has 96 valence electrons. The average Bonchev–Trinajstić information content (AvgIpc) is 2.36. The molecule has 1 aromatic carbocycles. The fourth-order valence-electron chi connectivity index (χ4n) is 1.65. The zero-order chi connectivity index (χ0) is 13.2. The van der Waals surface area contributed by atoms with Crippen LogP contribution in [0.5, 0.6) is 0 Å². The van der Waals surface area contributed by atoms with Crippen LogP contribution in [0.2, 0.25) is 0 Å². The highest BCUT2D eigenvalue weighted by molar-refractivity contribution is 7.89. The second-order valence-corrected chi connectivity index (χ2v) is 5.92. The van der Waals surface area contributed by atoms with Crippen LogP contribution in [0.1, 0.15) is 6.92 Å². The molecule has 3 N–H and O–H groups in total. The Bertz CT molecular complexity index is 648. The molecule has 2 aromatic rings. The van der Waals surface area contributed by atoms with Crippen molar-refractivity contribution >= 4 is 20.8 Å². The summed E-state index contributed by atoms with van der Waals surface area (Å²) in [6.07, 6.45) is 3.22. The Hall–Kier alpha value is -1.50. The van der Waals surface area contributed by atoms with Crippen molar-refractivity contribution in [1.29, 1.82) is 0 Å². The van der Waals surface area contributed by atoms with E-state index >= 15 is 0 Å². The summed E-state index contributed by atoms with van der Waals surface area (Å²) in [5, 5.41) is 1.45. The molecule has 0 saturated heterocycles. The monoisotopic (exact) mass is 265 g/mol. The minimum Gasteiger partial charge on any atom is -0.327 e. The molecule has 0 aliphatic carbocycles. The number of pyridine rings is 1. The lowest BCUT2D eigenvalue weighted by atomic mass is 10.2. The van der Waals surface area contributed by atoms with Crippen molar-refractivity contribution in [1.82, 2.24) is 9.71 Å². The quantitative estimate of drug-likeness (QED) is 0.858. The van der Waals surface area contributed by atoms with Gasteiger partial charge in [0.25, 0.3) is 0 Å². The van der Waals surface area contributed by atoms with Crippen LogP contribution in [0.15, 0.2) is 41.6 Å². The van der Waals surface area contributed by atoms with E-state index in [4.69, 9.17) is 5.73 Å². The van der Waals surface area contributed by atoms with Gasteiger partial charge in [-0.2, -0.15) is 0 Å². The van der Waals surface area contributed by atoms with Crippen molar-refractivity contribution in [2.45, 2.75) is 17.9 Å². The molecule has 0 saturated carbocycles. The Balaban J connectivity index is 2.47. The van der Waals surface area contributed by atoms with E-state index in [0.29, 0.717) is 5.39 Å². The number of benzene rings is 1. The average molecular weight is 265 g/mol. The van der Waals surface area contributed by atoms with Crippen molar-refractivity contribution < 1.29 is 8.42 Å². The maximum Gasteiger partial charge on any atom is 0.241 e. The molecule has 0 aliphatic heterocycles. The fraction of sp³-hybridized carbons (Fsp3) is 0.250. The van der Waals surface area contributed by atoms with Crippen LogP contribution in [0.4, 0.5) is 0 Å². The number of nitrogens with zero attached hydrogens (tertiary/aromatic N) is 1. The van der Waals surface area contributed by atoms with E-state index in [1.807, 2.05) is 6.07 Å². The molecule has 1 atom stereocenters. The normalized spacial score (nSPS) is 13.7. The zero-order valence-electron chi connectivity index (χ0n) is 10.00. The van der Waals surface area contributed by atoms with Gasteiger partial charge in [-0.1, -0.05) is 12.1 Å². The van der Waals surface area contributed by atoms with E-state index in [9.17, 15) is 8.42 Å². The second kappa shape index (κ2) is 5.01. The maximum atomic E-state index is 12.2. The Labute approximate surface area is 106 Å². The summed E-state index contributed by atoms with van der Waals surface area (Å²) in [5.74, 6) is 0. The van der Waals surface area contributed by atoms with Crippen molar-refractivity contribution in [2.24, 2.45) is 5.73 Å². The third kappa shape index (κ3) is 2.66. The summed E-state index contributed by atoms with van der Waals surface area (Å²) in [5.41, 5.74) is 5.55. The molecule has 0 amide bonds. The van der Waals surface area contributed by atoms with Crippen molar-refractivity contribution in [3.05, 3.63) is 36.7 Å². The number of aromatic nitrogens is 1. The number of nitrogens with one attached hydrogen (secondary N) is 1. The number of hydrogen-bond acceptors (Lipinski definition) is 4. The van der Waals surface area contributed by atoms with Gasteiger partial charge >= 0.3 is 0 Å². The van der Waals surface area contributed by atoms with Gasteiger partial charge in [-0.15, -0.1) is 0 Å². The molecule has 1 unspecified atom stereocenters. The molecule has 6 heteroatoms. The lowest BCUT2D eigenvalue weighted by Gasteiger charge is -2.10. The first-order valence-corrected chi connectivity index (χ1v) is 7.07. The van der Waals surface area contributed by atoms with Crippen LogP contribution in [-0.4, -0.2) is 26.0 Å². The smallest absolute Gasteiger partial charge is 0.241 e. The largest absolute Gasteiger partial charge is 0.327 e. The first kappa shape index (κ1) is 12.9. The molecule has 0 spiro atoms. The summed E-state index contributed by atoms with van der Waals surface area (Å²) >= 11 is 0. The Morgan fingerprint density at radius 2 is 2.17 bits per heavy atom. The van der Waals surface area contributed by atoms with Gasteiger partial charge in [-0.25, -0.2) is 13.1 Å². The number of sulfonamides is 1. The molecule has 0 radical (unpaired) electrons. The van der Waals surface area contributed by atoms with Gasteiger partial charge in [-0.05, 0) is 19.1 Å². The zero-order valence-corrected chi connectivity index (χ0v) is 10.8. The Morgan fingerprint density at radius 1 is 1.39 bits per heavy atom. The lowest BCUT2D eigenvalue weighted by molar-refractivity contribution is 0.575. The Kier molecular flexibility index (Phi) is 3.60. The molecule has 1 heterocycles. The predicted molar refractivity (Wildman–Crippen MR) is 70.6 cm³/mol. The van der Waals surface area contributed by atoms with E-state index in [1.54, 1.807) is 37.5 Å². The van der Waals surface area contributed by atoms with Gasteiger partial charge in [0, 0.05) is 35.8 Å². The number of rotatable bonds is 4. The van der Waals surface area contributed by atoms with Crippen LogP contribution >= 0.6 is 0 Å². The second-order valence-electron chi connectivity index (χ2n) is 4.18. The topological polar surface area (TPSA) is 85.1 Å². The van der Waals surface area contributed by atoms with E-state index in [2.05, 4.69) is 9.71 Å². The SMILES string of the molecule is CC(N)CNS(=O)(=O)c1cccc2cnccc12. The standard InChI is InChI=1S/C12H15N3O2S/c1-9(13)7-15-18(16,17)12-4-2-3-10-8-14-6-5-11(10)12/h2-6,8-9,15H,7,13H2,1H3. The van der Waals surface area contributed by atoms with Crippen molar-refractivity contribution in [3.8, 4) is 0 Å². The van der Waals surface area contributed by atoms with E-state index in [1.165, 1.54) is 0 Å². The van der Waals surface area contributed by atoms with Gasteiger partial charge in [0.05, 0.1) is 4.90 Å². The molecular weight excluding hydrogens is 250 g/mol. The highest BCUT2D eigenvalue weighted by atomic mass is 32.2. The highest BCUT2D eigenvalue weighted by Crippen LogP contribution is 2.21. The fourth-order valence-corrected chi connectivity index (χ4v) is 3.02.